The second kappa shape index (κ2) is 5.79. The molecule has 1 rings (SSSR count). The lowest BCUT2D eigenvalue weighted by atomic mass is 10.0. The number of azide groups is 1. The monoisotopic (exact) mass is 263 g/mol. The molecule has 0 saturated carbocycles. The van der Waals surface area contributed by atoms with Crippen molar-refractivity contribution in [3.8, 4) is 0 Å². The Morgan fingerprint density at radius 1 is 1.41 bits per heavy atom. The molecule has 1 aromatic carbocycles. The fourth-order valence-corrected chi connectivity index (χ4v) is 1.37. The van der Waals surface area contributed by atoms with Crippen LogP contribution in [0.4, 0.5) is 8.78 Å². The van der Waals surface area contributed by atoms with E-state index < -0.39 is 35.4 Å². The summed E-state index contributed by atoms with van der Waals surface area (Å²) in [7, 11) is 0. The number of halogens is 3. The van der Waals surface area contributed by atoms with E-state index >= 15 is 0 Å². The lowest BCUT2D eigenvalue weighted by Gasteiger charge is -2.17. The van der Waals surface area contributed by atoms with E-state index in [-0.39, 0.29) is 5.56 Å². The lowest BCUT2D eigenvalue weighted by Crippen LogP contribution is -2.22. The van der Waals surface area contributed by atoms with E-state index in [2.05, 4.69) is 10.0 Å². The van der Waals surface area contributed by atoms with Gasteiger partial charge in [-0.15, -0.1) is 0 Å². The van der Waals surface area contributed by atoms with Gasteiger partial charge in [-0.3, -0.25) is 0 Å². The second-order valence-electron chi connectivity index (χ2n) is 3.19. The van der Waals surface area contributed by atoms with Crippen LogP contribution in [0, 0.1) is 11.6 Å². The zero-order valence-corrected chi connectivity index (χ0v) is 9.14. The third kappa shape index (κ3) is 3.04. The Bertz CT molecular complexity index is 466. The standard InChI is InChI=1S/C9H8ClF2N3O2/c10-7-5(11)2-1-4(8(7)12)9(17)6(16)3-14-15-13/h1-2,6,9,16-17H,3H2. The minimum atomic E-state index is -1.65. The highest BCUT2D eigenvalue weighted by Crippen LogP contribution is 2.27. The molecule has 0 heterocycles. The predicted octanol–water partition coefficient (Wildman–Crippen LogP) is 2.32. The fourth-order valence-electron chi connectivity index (χ4n) is 1.20. The van der Waals surface area contributed by atoms with Gasteiger partial charge in [-0.2, -0.15) is 0 Å². The molecule has 2 atom stereocenters. The van der Waals surface area contributed by atoms with Crippen LogP contribution < -0.4 is 0 Å². The van der Waals surface area contributed by atoms with Gasteiger partial charge in [0.15, 0.2) is 5.82 Å². The summed E-state index contributed by atoms with van der Waals surface area (Å²) in [6, 6.07) is 1.82. The number of nitrogens with zero attached hydrogens (tertiary/aromatic N) is 3. The van der Waals surface area contributed by atoms with Gasteiger partial charge in [-0.1, -0.05) is 22.8 Å². The highest BCUT2D eigenvalue weighted by molar-refractivity contribution is 6.30. The molecule has 0 aliphatic heterocycles. The molecular formula is C9H8ClF2N3O2. The van der Waals surface area contributed by atoms with Gasteiger partial charge in [0, 0.05) is 10.5 Å². The molecule has 8 heteroatoms. The SMILES string of the molecule is [N-]=[N+]=NCC(O)C(O)c1ccc(F)c(Cl)c1F. The Hall–Kier alpha value is -1.40. The quantitative estimate of drug-likeness (QED) is 0.378. The van der Waals surface area contributed by atoms with Gasteiger partial charge in [0.25, 0.3) is 0 Å². The van der Waals surface area contributed by atoms with Crippen LogP contribution in [0.3, 0.4) is 0 Å². The zero-order chi connectivity index (χ0) is 13.0. The maximum atomic E-state index is 13.4. The van der Waals surface area contributed by atoms with E-state index in [1.165, 1.54) is 0 Å². The van der Waals surface area contributed by atoms with Crippen molar-refractivity contribution in [2.75, 3.05) is 6.54 Å². The molecule has 17 heavy (non-hydrogen) atoms. The highest BCUT2D eigenvalue weighted by Gasteiger charge is 2.23. The van der Waals surface area contributed by atoms with Gasteiger partial charge < -0.3 is 10.2 Å². The van der Waals surface area contributed by atoms with E-state index in [9.17, 15) is 19.0 Å². The Morgan fingerprint density at radius 2 is 2.06 bits per heavy atom. The van der Waals surface area contributed by atoms with Crippen molar-refractivity contribution in [2.24, 2.45) is 5.11 Å². The van der Waals surface area contributed by atoms with Crippen molar-refractivity contribution in [2.45, 2.75) is 12.2 Å². The van der Waals surface area contributed by atoms with Crippen LogP contribution in [0.1, 0.15) is 11.7 Å². The maximum absolute atomic E-state index is 13.4. The van der Waals surface area contributed by atoms with Crippen molar-refractivity contribution in [3.63, 3.8) is 0 Å². The van der Waals surface area contributed by atoms with E-state index in [0.717, 1.165) is 12.1 Å². The Kier molecular flexibility index (Phi) is 4.65. The van der Waals surface area contributed by atoms with Gasteiger partial charge >= 0.3 is 0 Å². The average molecular weight is 264 g/mol. The minimum Gasteiger partial charge on any atom is -0.390 e. The van der Waals surface area contributed by atoms with Gasteiger partial charge in [0.05, 0.1) is 12.6 Å². The summed E-state index contributed by atoms with van der Waals surface area (Å²) >= 11 is 5.31. The number of aliphatic hydroxyl groups excluding tert-OH is 2. The number of aliphatic hydroxyl groups is 2. The summed E-state index contributed by atoms with van der Waals surface area (Å²) < 4.78 is 26.3. The summed E-state index contributed by atoms with van der Waals surface area (Å²) in [6.07, 6.45) is -3.15. The molecule has 0 amide bonds. The van der Waals surface area contributed by atoms with E-state index in [4.69, 9.17) is 17.1 Å². The molecule has 2 N–H and O–H groups in total. The molecule has 1 aromatic rings. The number of hydrogen-bond donors (Lipinski definition) is 2. The average Bonchev–Trinajstić information content (AvgIpc) is 2.32. The number of hydrogen-bond acceptors (Lipinski definition) is 3. The summed E-state index contributed by atoms with van der Waals surface area (Å²) in [5.74, 6) is -2.12. The fraction of sp³-hybridized carbons (Fsp3) is 0.333. The topological polar surface area (TPSA) is 89.2 Å². The molecule has 0 aliphatic carbocycles. The van der Waals surface area contributed by atoms with Crippen molar-refractivity contribution < 1.29 is 19.0 Å². The Balaban J connectivity index is 3.00. The van der Waals surface area contributed by atoms with Crippen LogP contribution in [0.5, 0.6) is 0 Å². The van der Waals surface area contributed by atoms with Crippen LogP contribution in [-0.4, -0.2) is 22.9 Å². The molecular weight excluding hydrogens is 256 g/mol. The summed E-state index contributed by atoms with van der Waals surface area (Å²) in [5.41, 5.74) is 7.66. The molecule has 0 bridgehead atoms. The molecule has 2 unspecified atom stereocenters. The van der Waals surface area contributed by atoms with Crippen LogP contribution in [-0.2, 0) is 0 Å². The van der Waals surface area contributed by atoms with Gasteiger partial charge in [-0.25, -0.2) is 8.78 Å². The van der Waals surface area contributed by atoms with E-state index in [0.29, 0.717) is 0 Å². The minimum absolute atomic E-state index is 0.364. The molecule has 5 nitrogen and oxygen atoms in total. The van der Waals surface area contributed by atoms with Gasteiger partial charge in [0.1, 0.15) is 16.9 Å². The third-order valence-corrected chi connectivity index (χ3v) is 2.43. The molecule has 0 spiro atoms. The van der Waals surface area contributed by atoms with Gasteiger partial charge in [-0.05, 0) is 11.6 Å². The normalized spacial score (nSPS) is 13.9. The third-order valence-electron chi connectivity index (χ3n) is 2.08. The van der Waals surface area contributed by atoms with Crippen molar-refractivity contribution >= 4 is 11.6 Å². The summed E-state index contributed by atoms with van der Waals surface area (Å²) in [6.45, 7) is -0.438. The molecule has 0 fully saturated rings. The summed E-state index contributed by atoms with van der Waals surface area (Å²) in [4.78, 5) is 2.38. The largest absolute Gasteiger partial charge is 0.390 e. The van der Waals surface area contributed by atoms with Crippen molar-refractivity contribution in [1.29, 1.82) is 0 Å². The van der Waals surface area contributed by atoms with E-state index in [1.54, 1.807) is 0 Å². The molecule has 0 radical (unpaired) electrons. The van der Waals surface area contributed by atoms with Crippen LogP contribution >= 0.6 is 11.6 Å². The van der Waals surface area contributed by atoms with Gasteiger partial charge in [0.2, 0.25) is 0 Å². The Morgan fingerprint density at radius 3 is 2.65 bits per heavy atom. The first-order valence-electron chi connectivity index (χ1n) is 4.49. The molecule has 0 saturated heterocycles. The molecule has 0 aromatic heterocycles. The smallest absolute Gasteiger partial charge is 0.150 e. The Labute approximate surface area is 99.9 Å². The number of benzene rings is 1. The second-order valence-corrected chi connectivity index (χ2v) is 3.57. The summed E-state index contributed by atoms with van der Waals surface area (Å²) in [5, 5.41) is 21.2. The zero-order valence-electron chi connectivity index (χ0n) is 8.39. The molecule has 0 aliphatic rings. The van der Waals surface area contributed by atoms with Crippen molar-refractivity contribution in [3.05, 3.63) is 44.8 Å². The highest BCUT2D eigenvalue weighted by atomic mass is 35.5. The first kappa shape index (κ1) is 13.7. The molecule has 92 valence electrons. The van der Waals surface area contributed by atoms with Crippen molar-refractivity contribution in [1.82, 2.24) is 0 Å². The number of rotatable bonds is 4. The predicted molar refractivity (Wildman–Crippen MR) is 56.3 cm³/mol. The van der Waals surface area contributed by atoms with E-state index in [1.807, 2.05) is 0 Å². The lowest BCUT2D eigenvalue weighted by molar-refractivity contribution is 0.0222. The van der Waals surface area contributed by atoms with Crippen LogP contribution in [0.25, 0.3) is 10.4 Å². The maximum Gasteiger partial charge on any atom is 0.150 e. The first-order chi connectivity index (χ1) is 7.99. The van der Waals surface area contributed by atoms with Crippen LogP contribution in [0.15, 0.2) is 17.2 Å². The first-order valence-corrected chi connectivity index (χ1v) is 4.87. The van der Waals surface area contributed by atoms with Crippen LogP contribution in [0.2, 0.25) is 5.02 Å².